The van der Waals surface area contributed by atoms with Gasteiger partial charge in [-0.1, -0.05) is 15.9 Å². The lowest BCUT2D eigenvalue weighted by Crippen LogP contribution is -2.20. The molecule has 0 aliphatic rings. The molecule has 0 unspecified atom stereocenters. The van der Waals surface area contributed by atoms with Crippen molar-refractivity contribution in [3.63, 3.8) is 0 Å². The number of nitrogens with zero attached hydrogens (tertiary/aromatic N) is 2. The second-order valence-corrected chi connectivity index (χ2v) is 7.18. The maximum atomic E-state index is 12.1. The fourth-order valence-corrected chi connectivity index (χ4v) is 3.18. The second-order valence-electron chi connectivity index (χ2n) is 5.51. The average molecular weight is 464 g/mol. The molecular formula is C19H18BrN3O4S. The quantitative estimate of drug-likeness (QED) is 0.533. The Morgan fingerprint density at radius 3 is 2.64 bits per heavy atom. The zero-order chi connectivity index (χ0) is 19.9. The predicted molar refractivity (Wildman–Crippen MR) is 111 cm³/mol. The number of anilines is 1. The number of aromatic nitrogens is 2. The Morgan fingerprint density at radius 1 is 1.14 bits per heavy atom. The Kier molecular flexibility index (Phi) is 6.83. The first-order chi connectivity index (χ1) is 13.6. The molecule has 1 N–H and O–H groups in total. The molecule has 0 fully saturated rings. The third kappa shape index (κ3) is 5.20. The lowest BCUT2D eigenvalue weighted by molar-refractivity contribution is -0.118. The van der Waals surface area contributed by atoms with E-state index in [0.29, 0.717) is 34.8 Å². The van der Waals surface area contributed by atoms with Crippen molar-refractivity contribution in [2.75, 3.05) is 25.6 Å². The fourth-order valence-electron chi connectivity index (χ4n) is 2.31. The lowest BCUT2D eigenvalue weighted by atomic mass is 10.2. The van der Waals surface area contributed by atoms with Gasteiger partial charge < -0.3 is 14.2 Å². The molecule has 0 radical (unpaired) electrons. The van der Waals surface area contributed by atoms with Crippen molar-refractivity contribution < 1.29 is 19.0 Å². The van der Waals surface area contributed by atoms with Gasteiger partial charge in [-0.05, 0) is 49.4 Å². The molecule has 146 valence electrons. The number of hydrogen-bond donors (Lipinski definition) is 1. The Hall–Kier alpha value is -2.65. The molecule has 0 aliphatic carbocycles. The first-order valence-corrected chi connectivity index (χ1v) is 9.99. The first kappa shape index (κ1) is 20.1. The molecule has 7 nitrogen and oxygen atoms in total. The van der Waals surface area contributed by atoms with Crippen LogP contribution in [0.15, 0.2) is 46.9 Å². The highest BCUT2D eigenvalue weighted by molar-refractivity contribution is 9.10. The van der Waals surface area contributed by atoms with E-state index in [0.717, 1.165) is 21.6 Å². The zero-order valence-electron chi connectivity index (χ0n) is 15.3. The van der Waals surface area contributed by atoms with E-state index in [4.69, 9.17) is 14.2 Å². The summed E-state index contributed by atoms with van der Waals surface area (Å²) in [6.07, 6.45) is 0. The number of rotatable bonds is 8. The maximum Gasteiger partial charge on any atom is 0.264 e. The van der Waals surface area contributed by atoms with E-state index in [1.54, 1.807) is 25.3 Å². The Labute approximate surface area is 175 Å². The number of carbonyl (C=O) groups is 1. The summed E-state index contributed by atoms with van der Waals surface area (Å²) in [4.78, 5) is 16.4. The van der Waals surface area contributed by atoms with E-state index in [1.165, 1.54) is 0 Å². The largest absolute Gasteiger partial charge is 0.493 e. The van der Waals surface area contributed by atoms with Gasteiger partial charge in [0.25, 0.3) is 5.91 Å². The molecule has 3 aromatic rings. The van der Waals surface area contributed by atoms with E-state index < -0.39 is 0 Å². The van der Waals surface area contributed by atoms with Gasteiger partial charge in [0.2, 0.25) is 5.13 Å². The molecule has 9 heteroatoms. The van der Waals surface area contributed by atoms with Gasteiger partial charge in [0.05, 0.1) is 13.7 Å². The van der Waals surface area contributed by atoms with Gasteiger partial charge in [0, 0.05) is 21.6 Å². The van der Waals surface area contributed by atoms with Crippen LogP contribution in [0.5, 0.6) is 17.2 Å². The molecule has 1 amide bonds. The molecule has 0 saturated heterocycles. The van der Waals surface area contributed by atoms with Gasteiger partial charge in [-0.2, -0.15) is 9.36 Å². The average Bonchev–Trinajstić information content (AvgIpc) is 3.16. The van der Waals surface area contributed by atoms with Crippen molar-refractivity contribution in [1.82, 2.24) is 9.36 Å². The van der Waals surface area contributed by atoms with Crippen LogP contribution < -0.4 is 19.5 Å². The number of carbonyl (C=O) groups excluding carboxylic acids is 1. The smallest absolute Gasteiger partial charge is 0.264 e. The van der Waals surface area contributed by atoms with Crippen LogP contribution in [0.1, 0.15) is 6.92 Å². The van der Waals surface area contributed by atoms with Crippen LogP contribution in [0.3, 0.4) is 0 Å². The molecular weight excluding hydrogens is 446 g/mol. The Bertz CT molecular complexity index is 947. The van der Waals surface area contributed by atoms with E-state index in [1.807, 2.05) is 31.2 Å². The summed E-state index contributed by atoms with van der Waals surface area (Å²) >= 11 is 4.45. The Balaban J connectivity index is 1.62. The maximum absolute atomic E-state index is 12.1. The van der Waals surface area contributed by atoms with E-state index >= 15 is 0 Å². The molecule has 28 heavy (non-hydrogen) atoms. The predicted octanol–water partition coefficient (Wildman–Crippen LogP) is 4.39. The molecule has 2 aromatic carbocycles. The van der Waals surface area contributed by atoms with E-state index in [2.05, 4.69) is 30.6 Å². The van der Waals surface area contributed by atoms with Crippen LogP contribution in [0.2, 0.25) is 0 Å². The first-order valence-electron chi connectivity index (χ1n) is 8.42. The molecule has 0 atom stereocenters. The molecule has 3 rings (SSSR count). The summed E-state index contributed by atoms with van der Waals surface area (Å²) in [6.45, 7) is 2.33. The van der Waals surface area contributed by atoms with Crippen molar-refractivity contribution in [1.29, 1.82) is 0 Å². The summed E-state index contributed by atoms with van der Waals surface area (Å²) in [5, 5.41) is 3.09. The summed E-state index contributed by atoms with van der Waals surface area (Å²) in [7, 11) is 1.58. The molecule has 0 bridgehead atoms. The molecule has 1 heterocycles. The number of halogens is 1. The number of benzene rings is 2. The monoisotopic (exact) mass is 463 g/mol. The summed E-state index contributed by atoms with van der Waals surface area (Å²) in [6, 6.07) is 12.7. The minimum absolute atomic E-state index is 0.118. The van der Waals surface area contributed by atoms with Crippen LogP contribution in [-0.2, 0) is 4.79 Å². The van der Waals surface area contributed by atoms with Crippen LogP contribution in [0.25, 0.3) is 11.4 Å². The van der Waals surface area contributed by atoms with E-state index in [-0.39, 0.29) is 12.5 Å². The van der Waals surface area contributed by atoms with Crippen molar-refractivity contribution in [3.8, 4) is 28.6 Å². The van der Waals surface area contributed by atoms with Crippen molar-refractivity contribution in [3.05, 3.63) is 46.9 Å². The van der Waals surface area contributed by atoms with E-state index in [9.17, 15) is 4.79 Å². The van der Waals surface area contributed by atoms with Gasteiger partial charge in [-0.25, -0.2) is 0 Å². The van der Waals surface area contributed by atoms with Crippen LogP contribution in [0, 0.1) is 0 Å². The minimum Gasteiger partial charge on any atom is -0.493 e. The molecule has 0 aliphatic heterocycles. The van der Waals surface area contributed by atoms with Crippen LogP contribution >= 0.6 is 27.5 Å². The summed E-state index contributed by atoms with van der Waals surface area (Å²) < 4.78 is 21.5. The van der Waals surface area contributed by atoms with Gasteiger partial charge in [-0.15, -0.1) is 0 Å². The summed E-state index contributed by atoms with van der Waals surface area (Å²) in [5.74, 6) is 2.05. The topological polar surface area (TPSA) is 82.6 Å². The third-order valence-corrected chi connectivity index (χ3v) is 4.74. The van der Waals surface area contributed by atoms with Gasteiger partial charge in [-0.3, -0.25) is 10.1 Å². The van der Waals surface area contributed by atoms with Crippen molar-refractivity contribution in [2.45, 2.75) is 6.92 Å². The summed E-state index contributed by atoms with van der Waals surface area (Å²) in [5.41, 5.74) is 0.767. The number of amides is 1. The van der Waals surface area contributed by atoms with Gasteiger partial charge in [0.15, 0.2) is 23.9 Å². The van der Waals surface area contributed by atoms with Crippen LogP contribution in [0.4, 0.5) is 5.13 Å². The van der Waals surface area contributed by atoms with Gasteiger partial charge in [0.1, 0.15) is 5.75 Å². The zero-order valence-corrected chi connectivity index (χ0v) is 17.7. The SMILES string of the molecule is CCOc1ccc(-c2nsc(NC(=O)COc3ccc(Br)cc3)n2)cc1OC. The standard InChI is InChI=1S/C19H18BrN3O4S/c1-3-26-15-9-4-12(10-16(15)25-2)18-22-19(28-23-18)21-17(24)11-27-14-7-5-13(20)6-8-14/h4-10H,3,11H2,1-2H3,(H,21,22,23,24). The van der Waals surface area contributed by atoms with Crippen molar-refractivity contribution in [2.24, 2.45) is 0 Å². The second kappa shape index (κ2) is 9.52. The molecule has 0 spiro atoms. The fraction of sp³-hybridized carbons (Fsp3) is 0.211. The number of methoxy groups -OCH3 is 1. The lowest BCUT2D eigenvalue weighted by Gasteiger charge is -2.09. The number of ether oxygens (including phenoxy) is 3. The minimum atomic E-state index is -0.310. The van der Waals surface area contributed by atoms with Crippen molar-refractivity contribution >= 4 is 38.5 Å². The highest BCUT2D eigenvalue weighted by Crippen LogP contribution is 2.32. The number of nitrogens with one attached hydrogen (secondary N) is 1. The van der Waals surface area contributed by atoms with Gasteiger partial charge >= 0.3 is 0 Å². The van der Waals surface area contributed by atoms with Crippen LogP contribution in [-0.4, -0.2) is 35.6 Å². The molecule has 1 aromatic heterocycles. The highest BCUT2D eigenvalue weighted by Gasteiger charge is 2.13. The number of hydrogen-bond acceptors (Lipinski definition) is 7. The molecule has 0 saturated carbocycles. The Morgan fingerprint density at radius 2 is 1.93 bits per heavy atom. The normalized spacial score (nSPS) is 10.4. The third-order valence-electron chi connectivity index (χ3n) is 3.58. The highest BCUT2D eigenvalue weighted by atomic mass is 79.9.